The molecule has 2 heterocycles. The molecule has 0 aliphatic carbocycles. The number of nitrogens with zero attached hydrogens (tertiary/aromatic N) is 4. The molecule has 2 aromatic heterocycles. The van der Waals surface area contributed by atoms with Gasteiger partial charge >= 0.3 is 5.97 Å². The van der Waals surface area contributed by atoms with Crippen LogP contribution in [0.25, 0.3) is 17.1 Å². The first-order valence-corrected chi connectivity index (χ1v) is 10.8. The first kappa shape index (κ1) is 22.2. The number of esters is 1. The molecule has 0 aliphatic heterocycles. The van der Waals surface area contributed by atoms with Crippen molar-refractivity contribution in [2.75, 3.05) is 18.2 Å². The van der Waals surface area contributed by atoms with Crippen LogP contribution in [0.1, 0.15) is 10.4 Å². The number of hydrogen-bond acceptors (Lipinski definition) is 7. The van der Waals surface area contributed by atoms with Gasteiger partial charge in [0.05, 0.1) is 18.4 Å². The lowest BCUT2D eigenvalue weighted by molar-refractivity contribution is -0.113. The number of thioether (sulfide) groups is 1. The Hall–Kier alpha value is -4.05. The molecular formula is C23H18FN5O3S. The van der Waals surface area contributed by atoms with Crippen LogP contribution in [0.3, 0.4) is 0 Å². The van der Waals surface area contributed by atoms with Crippen molar-refractivity contribution in [2.45, 2.75) is 5.16 Å². The van der Waals surface area contributed by atoms with Crippen molar-refractivity contribution in [3.8, 4) is 17.1 Å². The third-order valence-electron chi connectivity index (χ3n) is 4.56. The van der Waals surface area contributed by atoms with E-state index in [-0.39, 0.29) is 17.5 Å². The summed E-state index contributed by atoms with van der Waals surface area (Å²) in [6.07, 6.45) is 3.28. The molecule has 1 N–H and O–H groups in total. The smallest absolute Gasteiger partial charge is 0.337 e. The van der Waals surface area contributed by atoms with Crippen LogP contribution in [0.15, 0.2) is 78.2 Å². The van der Waals surface area contributed by atoms with E-state index < -0.39 is 5.97 Å². The normalized spacial score (nSPS) is 10.6. The summed E-state index contributed by atoms with van der Waals surface area (Å²) in [4.78, 5) is 28.3. The number of amides is 1. The number of pyridine rings is 1. The fraction of sp³-hybridized carbons (Fsp3) is 0.0870. The summed E-state index contributed by atoms with van der Waals surface area (Å²) in [5.41, 5.74) is 2.24. The number of halogens is 1. The highest BCUT2D eigenvalue weighted by atomic mass is 32.2. The van der Waals surface area contributed by atoms with Gasteiger partial charge in [0.25, 0.3) is 0 Å². The Labute approximate surface area is 192 Å². The van der Waals surface area contributed by atoms with Crippen molar-refractivity contribution in [1.29, 1.82) is 0 Å². The molecule has 0 saturated heterocycles. The highest BCUT2D eigenvalue weighted by Gasteiger charge is 2.18. The summed E-state index contributed by atoms with van der Waals surface area (Å²) >= 11 is 1.18. The highest BCUT2D eigenvalue weighted by Crippen LogP contribution is 2.28. The van der Waals surface area contributed by atoms with E-state index in [2.05, 4.69) is 20.5 Å². The molecule has 4 rings (SSSR count). The lowest BCUT2D eigenvalue weighted by Crippen LogP contribution is -2.15. The molecule has 10 heteroatoms. The lowest BCUT2D eigenvalue weighted by atomic mass is 10.2. The largest absolute Gasteiger partial charge is 0.465 e. The van der Waals surface area contributed by atoms with E-state index in [0.717, 1.165) is 5.56 Å². The van der Waals surface area contributed by atoms with Gasteiger partial charge in [-0.25, -0.2) is 9.18 Å². The fourth-order valence-electron chi connectivity index (χ4n) is 3.04. The maximum absolute atomic E-state index is 13.5. The number of nitrogens with one attached hydrogen (secondary N) is 1. The van der Waals surface area contributed by atoms with Crippen LogP contribution in [0.5, 0.6) is 0 Å². The molecule has 8 nitrogen and oxygen atoms in total. The number of carbonyl (C=O) groups excluding carboxylic acids is 2. The molecular weight excluding hydrogens is 445 g/mol. The van der Waals surface area contributed by atoms with Crippen molar-refractivity contribution in [2.24, 2.45) is 0 Å². The van der Waals surface area contributed by atoms with Gasteiger partial charge in [0.2, 0.25) is 5.91 Å². The molecule has 2 aromatic carbocycles. The Kier molecular flexibility index (Phi) is 6.75. The Bertz CT molecular complexity index is 1280. The first-order chi connectivity index (χ1) is 16.0. The predicted molar refractivity (Wildman–Crippen MR) is 122 cm³/mol. The van der Waals surface area contributed by atoms with E-state index in [1.165, 1.54) is 37.1 Å². The van der Waals surface area contributed by atoms with Gasteiger partial charge in [0.15, 0.2) is 11.0 Å². The van der Waals surface area contributed by atoms with Gasteiger partial charge in [0, 0.05) is 29.3 Å². The van der Waals surface area contributed by atoms with Crippen LogP contribution in [0, 0.1) is 5.82 Å². The van der Waals surface area contributed by atoms with E-state index in [4.69, 9.17) is 4.74 Å². The maximum atomic E-state index is 13.5. The topological polar surface area (TPSA) is 99.0 Å². The number of carbonyl (C=O) groups is 2. The maximum Gasteiger partial charge on any atom is 0.337 e. The van der Waals surface area contributed by atoms with Crippen LogP contribution in [0.2, 0.25) is 0 Å². The second kappa shape index (κ2) is 10.0. The third-order valence-corrected chi connectivity index (χ3v) is 5.49. The molecule has 33 heavy (non-hydrogen) atoms. The van der Waals surface area contributed by atoms with E-state index in [0.29, 0.717) is 27.9 Å². The summed E-state index contributed by atoms with van der Waals surface area (Å²) in [5.74, 6) is -0.562. The predicted octanol–water partition coefficient (Wildman–Crippen LogP) is 3.99. The Morgan fingerprint density at radius 2 is 1.82 bits per heavy atom. The second-order valence-corrected chi connectivity index (χ2v) is 7.71. The molecule has 4 aromatic rings. The second-order valence-electron chi connectivity index (χ2n) is 6.76. The fourth-order valence-corrected chi connectivity index (χ4v) is 3.80. The summed E-state index contributed by atoms with van der Waals surface area (Å²) in [7, 11) is 1.29. The molecule has 0 radical (unpaired) electrons. The molecule has 0 fully saturated rings. The number of benzene rings is 2. The summed E-state index contributed by atoms with van der Waals surface area (Å²) in [6, 6.07) is 16.0. The zero-order valence-electron chi connectivity index (χ0n) is 17.4. The minimum atomic E-state index is -0.489. The van der Waals surface area contributed by atoms with E-state index in [1.807, 2.05) is 0 Å². The monoisotopic (exact) mass is 463 g/mol. The van der Waals surface area contributed by atoms with Gasteiger partial charge in [0.1, 0.15) is 5.82 Å². The van der Waals surface area contributed by atoms with Crippen LogP contribution < -0.4 is 5.32 Å². The Morgan fingerprint density at radius 1 is 1.06 bits per heavy atom. The summed E-state index contributed by atoms with van der Waals surface area (Å²) < 4.78 is 19.9. The van der Waals surface area contributed by atoms with Gasteiger partial charge in [-0.05, 0) is 54.6 Å². The molecule has 0 saturated carbocycles. The highest BCUT2D eigenvalue weighted by molar-refractivity contribution is 7.99. The SMILES string of the molecule is COC(=O)c1cccc(NC(=O)CSc2nnc(-c3ccncc3)n2-c2ccc(F)cc2)c1. The van der Waals surface area contributed by atoms with Crippen LogP contribution in [0.4, 0.5) is 10.1 Å². The van der Waals surface area contributed by atoms with Gasteiger partial charge in [-0.1, -0.05) is 17.8 Å². The first-order valence-electron chi connectivity index (χ1n) is 9.78. The molecule has 0 unspecified atom stereocenters. The lowest BCUT2D eigenvalue weighted by Gasteiger charge is -2.11. The Balaban J connectivity index is 1.55. The van der Waals surface area contributed by atoms with Crippen molar-refractivity contribution < 1.29 is 18.7 Å². The number of anilines is 1. The van der Waals surface area contributed by atoms with Gasteiger partial charge in [-0.3, -0.25) is 14.3 Å². The van der Waals surface area contributed by atoms with Crippen LogP contribution in [-0.2, 0) is 9.53 Å². The van der Waals surface area contributed by atoms with Crippen molar-refractivity contribution in [3.63, 3.8) is 0 Å². The van der Waals surface area contributed by atoms with Crippen LogP contribution in [-0.4, -0.2) is 44.5 Å². The number of hydrogen-bond donors (Lipinski definition) is 1. The van der Waals surface area contributed by atoms with E-state index >= 15 is 0 Å². The number of aromatic nitrogens is 4. The van der Waals surface area contributed by atoms with Crippen molar-refractivity contribution in [3.05, 3.63) is 84.4 Å². The minimum absolute atomic E-state index is 0.0398. The molecule has 0 bridgehead atoms. The average molecular weight is 463 g/mol. The average Bonchev–Trinajstić information content (AvgIpc) is 3.27. The molecule has 166 valence electrons. The van der Waals surface area contributed by atoms with E-state index in [1.54, 1.807) is 59.4 Å². The zero-order valence-corrected chi connectivity index (χ0v) is 18.3. The molecule has 0 spiro atoms. The Morgan fingerprint density at radius 3 is 2.55 bits per heavy atom. The summed E-state index contributed by atoms with van der Waals surface area (Å²) in [5, 5.41) is 11.7. The zero-order chi connectivity index (χ0) is 23.2. The number of methoxy groups -OCH3 is 1. The van der Waals surface area contributed by atoms with Crippen LogP contribution >= 0.6 is 11.8 Å². The summed E-state index contributed by atoms with van der Waals surface area (Å²) in [6.45, 7) is 0. The number of ether oxygens (including phenoxy) is 1. The minimum Gasteiger partial charge on any atom is -0.465 e. The molecule has 1 amide bonds. The third kappa shape index (κ3) is 5.24. The standard InChI is InChI=1S/C23H18FN5O3S/c1-32-22(31)16-3-2-4-18(13-16)26-20(30)14-33-23-28-27-21(15-9-11-25-12-10-15)29(23)19-7-5-17(24)6-8-19/h2-13H,14H2,1H3,(H,26,30). The van der Waals surface area contributed by atoms with E-state index in [9.17, 15) is 14.0 Å². The number of rotatable bonds is 7. The van der Waals surface area contributed by atoms with Gasteiger partial charge in [-0.15, -0.1) is 10.2 Å². The van der Waals surface area contributed by atoms with Gasteiger partial charge in [-0.2, -0.15) is 0 Å². The van der Waals surface area contributed by atoms with Crippen molar-refractivity contribution >= 4 is 29.3 Å². The quantitative estimate of drug-likeness (QED) is 0.327. The van der Waals surface area contributed by atoms with Gasteiger partial charge < -0.3 is 10.1 Å². The van der Waals surface area contributed by atoms with Crippen molar-refractivity contribution in [1.82, 2.24) is 19.7 Å². The molecule has 0 aliphatic rings. The molecule has 0 atom stereocenters.